The van der Waals surface area contributed by atoms with Crippen molar-refractivity contribution in [2.45, 2.75) is 19.8 Å². The van der Waals surface area contributed by atoms with Crippen LogP contribution in [0.15, 0.2) is 47.6 Å². The van der Waals surface area contributed by atoms with Gasteiger partial charge in [-0.15, -0.1) is 0 Å². The topological polar surface area (TPSA) is 42.8 Å². The van der Waals surface area contributed by atoms with Crippen LogP contribution in [0.25, 0.3) is 0 Å². The van der Waals surface area contributed by atoms with Gasteiger partial charge in [-0.1, -0.05) is 37.1 Å². The molecule has 0 amide bonds. The molecule has 5 heteroatoms. The minimum atomic E-state index is 0.627. The molecule has 0 bridgehead atoms. The number of rotatable bonds is 8. The van der Waals surface area contributed by atoms with Crippen molar-refractivity contribution in [3.8, 4) is 11.5 Å². The van der Waals surface area contributed by atoms with Gasteiger partial charge in [-0.25, -0.2) is 0 Å². The fraction of sp³-hybridized carbons (Fsp3) is 0.278. The van der Waals surface area contributed by atoms with E-state index < -0.39 is 0 Å². The summed E-state index contributed by atoms with van der Waals surface area (Å²) in [4.78, 5) is 0. The monoisotopic (exact) mass is 332 g/mol. The number of para-hydroxylation sites is 1. The standard InChI is InChI=1S/C18H21ClN2O2/c1-3-4-11-23-17-10-9-14(12-18(17)22-2)13-20-21-16-8-6-5-7-15(16)19/h5-10,12-13,21H,3-4,11H2,1-2H3/b20-13+. The van der Waals surface area contributed by atoms with Gasteiger partial charge in [-0.05, 0) is 42.3 Å². The first-order valence-electron chi connectivity index (χ1n) is 7.59. The molecule has 1 N–H and O–H groups in total. The molecular weight excluding hydrogens is 312 g/mol. The Hall–Kier alpha value is -2.20. The highest BCUT2D eigenvalue weighted by molar-refractivity contribution is 6.33. The van der Waals surface area contributed by atoms with Gasteiger partial charge in [0.2, 0.25) is 0 Å². The van der Waals surface area contributed by atoms with Crippen molar-refractivity contribution in [2.75, 3.05) is 19.1 Å². The van der Waals surface area contributed by atoms with E-state index in [1.807, 2.05) is 42.5 Å². The van der Waals surface area contributed by atoms with Gasteiger partial charge in [0.05, 0.1) is 30.6 Å². The molecular formula is C18H21ClN2O2. The number of hydrogen-bond donors (Lipinski definition) is 1. The van der Waals surface area contributed by atoms with Crippen molar-refractivity contribution in [1.29, 1.82) is 0 Å². The number of anilines is 1. The number of benzene rings is 2. The molecule has 0 unspecified atom stereocenters. The van der Waals surface area contributed by atoms with Gasteiger partial charge in [0.15, 0.2) is 11.5 Å². The Morgan fingerprint density at radius 3 is 2.74 bits per heavy atom. The molecule has 0 saturated heterocycles. The van der Waals surface area contributed by atoms with Crippen LogP contribution in [-0.2, 0) is 0 Å². The normalized spacial score (nSPS) is 10.7. The van der Waals surface area contributed by atoms with Gasteiger partial charge in [0.25, 0.3) is 0 Å². The molecule has 0 aromatic heterocycles. The Bertz CT molecular complexity index is 659. The molecule has 23 heavy (non-hydrogen) atoms. The quantitative estimate of drug-likeness (QED) is 0.421. The van der Waals surface area contributed by atoms with Gasteiger partial charge in [0, 0.05) is 0 Å². The van der Waals surface area contributed by atoms with Gasteiger partial charge >= 0.3 is 0 Å². The summed E-state index contributed by atoms with van der Waals surface area (Å²) in [5.41, 5.74) is 4.59. The lowest BCUT2D eigenvalue weighted by Gasteiger charge is -2.10. The van der Waals surface area contributed by atoms with Crippen LogP contribution in [0.1, 0.15) is 25.3 Å². The molecule has 0 atom stereocenters. The first kappa shape index (κ1) is 17.2. The molecule has 122 valence electrons. The molecule has 2 aromatic rings. The average Bonchev–Trinajstić information content (AvgIpc) is 2.57. The van der Waals surface area contributed by atoms with E-state index in [2.05, 4.69) is 17.5 Å². The van der Waals surface area contributed by atoms with Gasteiger partial charge in [-0.2, -0.15) is 5.10 Å². The second-order valence-corrected chi connectivity index (χ2v) is 5.37. The summed E-state index contributed by atoms with van der Waals surface area (Å²) in [6.45, 7) is 2.82. The van der Waals surface area contributed by atoms with Crippen LogP contribution in [0.4, 0.5) is 5.69 Å². The molecule has 2 rings (SSSR count). The maximum absolute atomic E-state index is 6.06. The number of methoxy groups -OCH3 is 1. The number of nitrogens with one attached hydrogen (secondary N) is 1. The van der Waals surface area contributed by atoms with Gasteiger partial charge in [0.1, 0.15) is 0 Å². The first-order chi connectivity index (χ1) is 11.2. The van der Waals surface area contributed by atoms with Crippen LogP contribution >= 0.6 is 11.6 Å². The van der Waals surface area contributed by atoms with Gasteiger partial charge < -0.3 is 9.47 Å². The summed E-state index contributed by atoms with van der Waals surface area (Å²) < 4.78 is 11.1. The summed E-state index contributed by atoms with van der Waals surface area (Å²) in [6, 6.07) is 13.2. The predicted octanol–water partition coefficient (Wildman–Crippen LogP) is 4.97. The Labute approximate surface area is 142 Å². The maximum Gasteiger partial charge on any atom is 0.161 e. The molecule has 0 saturated carbocycles. The molecule has 0 aliphatic heterocycles. The van der Waals surface area contributed by atoms with Crippen LogP contribution in [-0.4, -0.2) is 19.9 Å². The highest BCUT2D eigenvalue weighted by Gasteiger charge is 2.04. The lowest BCUT2D eigenvalue weighted by atomic mass is 10.2. The van der Waals surface area contributed by atoms with Crippen molar-refractivity contribution in [2.24, 2.45) is 5.10 Å². The van der Waals surface area contributed by atoms with Crippen molar-refractivity contribution in [1.82, 2.24) is 0 Å². The summed E-state index contributed by atoms with van der Waals surface area (Å²) >= 11 is 6.06. The molecule has 4 nitrogen and oxygen atoms in total. The van der Waals surface area contributed by atoms with E-state index >= 15 is 0 Å². The fourth-order valence-corrected chi connectivity index (χ4v) is 2.12. The molecule has 0 radical (unpaired) electrons. The Kier molecular flexibility index (Phi) is 6.76. The molecule has 0 fully saturated rings. The molecule has 2 aromatic carbocycles. The van der Waals surface area contributed by atoms with Crippen LogP contribution in [0.2, 0.25) is 5.02 Å². The zero-order valence-electron chi connectivity index (χ0n) is 13.4. The number of nitrogens with zero attached hydrogens (tertiary/aromatic N) is 1. The molecule has 0 aliphatic carbocycles. The fourth-order valence-electron chi connectivity index (χ4n) is 1.94. The maximum atomic E-state index is 6.06. The SMILES string of the molecule is CCCCOc1ccc(/C=N/Nc2ccccc2Cl)cc1OC. The highest BCUT2D eigenvalue weighted by atomic mass is 35.5. The van der Waals surface area contributed by atoms with Crippen LogP contribution in [0.5, 0.6) is 11.5 Å². The zero-order valence-corrected chi connectivity index (χ0v) is 14.1. The van der Waals surface area contributed by atoms with E-state index in [0.717, 1.165) is 29.8 Å². The predicted molar refractivity (Wildman–Crippen MR) is 96.1 cm³/mol. The Morgan fingerprint density at radius 1 is 1.17 bits per heavy atom. The smallest absolute Gasteiger partial charge is 0.161 e. The third-order valence-corrected chi connectivity index (χ3v) is 3.55. The molecule has 0 aliphatic rings. The summed E-state index contributed by atoms with van der Waals surface area (Å²) in [7, 11) is 1.63. The highest BCUT2D eigenvalue weighted by Crippen LogP contribution is 2.28. The van der Waals surface area contributed by atoms with Crippen molar-refractivity contribution in [3.63, 3.8) is 0 Å². The minimum Gasteiger partial charge on any atom is -0.493 e. The molecule has 0 heterocycles. The summed E-state index contributed by atoms with van der Waals surface area (Å²) in [5, 5.41) is 4.82. The Morgan fingerprint density at radius 2 is 2.00 bits per heavy atom. The largest absolute Gasteiger partial charge is 0.493 e. The number of hydrogen-bond acceptors (Lipinski definition) is 4. The summed E-state index contributed by atoms with van der Waals surface area (Å²) in [6.07, 6.45) is 3.83. The minimum absolute atomic E-state index is 0.627. The molecule has 0 spiro atoms. The lowest BCUT2D eigenvalue weighted by Crippen LogP contribution is -1.99. The second-order valence-electron chi connectivity index (χ2n) is 4.96. The van der Waals surface area contributed by atoms with Crippen LogP contribution in [0, 0.1) is 0 Å². The number of halogens is 1. The number of hydrazone groups is 1. The Balaban J connectivity index is 2.02. The number of ether oxygens (including phenoxy) is 2. The van der Waals surface area contributed by atoms with E-state index in [1.54, 1.807) is 13.3 Å². The van der Waals surface area contributed by atoms with E-state index in [-0.39, 0.29) is 0 Å². The summed E-state index contributed by atoms with van der Waals surface area (Å²) in [5.74, 6) is 1.44. The number of unbranched alkanes of at least 4 members (excludes halogenated alkanes) is 1. The average molecular weight is 333 g/mol. The van der Waals surface area contributed by atoms with E-state index in [1.165, 1.54) is 0 Å². The third-order valence-electron chi connectivity index (χ3n) is 3.22. The van der Waals surface area contributed by atoms with E-state index in [9.17, 15) is 0 Å². The van der Waals surface area contributed by atoms with Gasteiger partial charge in [-0.3, -0.25) is 5.43 Å². The van der Waals surface area contributed by atoms with Crippen molar-refractivity contribution in [3.05, 3.63) is 53.1 Å². The lowest BCUT2D eigenvalue weighted by molar-refractivity contribution is 0.288. The zero-order chi connectivity index (χ0) is 16.5. The van der Waals surface area contributed by atoms with Crippen LogP contribution in [0.3, 0.4) is 0 Å². The van der Waals surface area contributed by atoms with Crippen molar-refractivity contribution >= 4 is 23.5 Å². The van der Waals surface area contributed by atoms with E-state index in [0.29, 0.717) is 17.4 Å². The van der Waals surface area contributed by atoms with Crippen molar-refractivity contribution < 1.29 is 9.47 Å². The van der Waals surface area contributed by atoms with E-state index in [4.69, 9.17) is 21.1 Å². The third kappa shape index (κ3) is 5.18. The first-order valence-corrected chi connectivity index (χ1v) is 7.97. The van der Waals surface area contributed by atoms with Crippen LogP contribution < -0.4 is 14.9 Å². The second kappa shape index (κ2) is 9.06.